The quantitative estimate of drug-likeness (QED) is 0.768. The minimum atomic E-state index is 0.186. The first-order valence-electron chi connectivity index (χ1n) is 6.53. The average molecular weight is 280 g/mol. The molecule has 0 amide bonds. The summed E-state index contributed by atoms with van der Waals surface area (Å²) in [4.78, 5) is 1.40. The van der Waals surface area contributed by atoms with Crippen LogP contribution >= 0.6 is 11.3 Å². The predicted molar refractivity (Wildman–Crippen MR) is 76.0 cm³/mol. The van der Waals surface area contributed by atoms with Gasteiger partial charge in [0.2, 0.25) is 0 Å². The van der Waals surface area contributed by atoms with Gasteiger partial charge in [0.15, 0.2) is 0 Å². The summed E-state index contributed by atoms with van der Waals surface area (Å²) in [6, 6.07) is 4.66. The zero-order chi connectivity index (χ0) is 13.5. The van der Waals surface area contributed by atoms with E-state index in [4.69, 9.17) is 5.11 Å². The predicted octanol–water partition coefficient (Wildman–Crippen LogP) is 1.44. The summed E-state index contributed by atoms with van der Waals surface area (Å²) in [5.41, 5.74) is 0.941. The molecular weight excluding hydrogens is 260 g/mol. The first-order chi connectivity index (χ1) is 9.28. The van der Waals surface area contributed by atoms with Crippen LogP contribution in [-0.2, 0) is 19.5 Å². The van der Waals surface area contributed by atoms with Crippen molar-refractivity contribution in [3.05, 3.63) is 34.3 Å². The minimum Gasteiger partial charge on any atom is -0.396 e. The Morgan fingerprint density at radius 1 is 1.53 bits per heavy atom. The van der Waals surface area contributed by atoms with Gasteiger partial charge in [0, 0.05) is 36.8 Å². The molecule has 5 nitrogen and oxygen atoms in total. The molecule has 104 valence electrons. The van der Waals surface area contributed by atoms with Gasteiger partial charge in [-0.15, -0.1) is 16.4 Å². The second-order valence-electron chi connectivity index (χ2n) is 4.62. The fourth-order valence-corrected chi connectivity index (χ4v) is 2.68. The molecule has 0 fully saturated rings. The van der Waals surface area contributed by atoms with E-state index in [0.29, 0.717) is 19.0 Å². The molecule has 2 aromatic heterocycles. The van der Waals surface area contributed by atoms with Crippen molar-refractivity contribution in [1.82, 2.24) is 20.3 Å². The summed E-state index contributed by atoms with van der Waals surface area (Å²) in [7, 11) is 0. The molecule has 0 radical (unpaired) electrons. The molecule has 0 aliphatic heterocycles. The molecule has 2 N–H and O–H groups in total. The van der Waals surface area contributed by atoms with Crippen LogP contribution in [0.25, 0.3) is 0 Å². The highest BCUT2D eigenvalue weighted by molar-refractivity contribution is 7.09. The zero-order valence-electron chi connectivity index (χ0n) is 11.1. The Morgan fingerprint density at radius 2 is 2.42 bits per heavy atom. The summed E-state index contributed by atoms with van der Waals surface area (Å²) < 4.78 is 1.77. The number of hydrogen-bond donors (Lipinski definition) is 2. The van der Waals surface area contributed by atoms with E-state index in [2.05, 4.69) is 40.1 Å². The fourth-order valence-electron chi connectivity index (χ4n) is 1.84. The van der Waals surface area contributed by atoms with E-state index in [1.165, 1.54) is 4.88 Å². The van der Waals surface area contributed by atoms with Crippen molar-refractivity contribution in [3.8, 4) is 0 Å². The average Bonchev–Trinajstić information content (AvgIpc) is 3.05. The number of nitrogens with zero attached hydrogens (tertiary/aromatic N) is 3. The lowest BCUT2D eigenvalue weighted by molar-refractivity contribution is 0.276. The summed E-state index contributed by atoms with van der Waals surface area (Å²) >= 11 is 1.79. The number of hydrogen-bond acceptors (Lipinski definition) is 5. The lowest BCUT2D eigenvalue weighted by Crippen LogP contribution is -2.27. The van der Waals surface area contributed by atoms with Crippen molar-refractivity contribution in [2.24, 2.45) is 0 Å². The number of aliphatic hydroxyl groups excluding tert-OH is 1. The summed E-state index contributed by atoms with van der Waals surface area (Å²) in [6.45, 7) is 3.81. The second-order valence-corrected chi connectivity index (χ2v) is 5.65. The van der Waals surface area contributed by atoms with Gasteiger partial charge in [-0.2, -0.15) is 0 Å². The Kier molecular flexibility index (Phi) is 5.50. The third kappa shape index (κ3) is 4.74. The zero-order valence-corrected chi connectivity index (χ0v) is 11.9. The SMILES string of the molecule is CC(Cc1cccs1)NCc1cn(CCCO)nn1. The molecule has 2 aromatic rings. The second kappa shape index (κ2) is 7.37. The normalized spacial score (nSPS) is 12.7. The van der Waals surface area contributed by atoms with Gasteiger partial charge in [-0.05, 0) is 31.2 Å². The van der Waals surface area contributed by atoms with E-state index < -0.39 is 0 Å². The molecule has 0 saturated heterocycles. The Hall–Kier alpha value is -1.24. The van der Waals surface area contributed by atoms with Crippen molar-refractivity contribution in [3.63, 3.8) is 0 Å². The molecule has 6 heteroatoms. The van der Waals surface area contributed by atoms with Gasteiger partial charge in [-0.25, -0.2) is 0 Å². The number of nitrogens with one attached hydrogen (secondary N) is 1. The Balaban J connectivity index is 1.73. The molecule has 2 heterocycles. The van der Waals surface area contributed by atoms with Gasteiger partial charge in [-0.1, -0.05) is 11.3 Å². The van der Waals surface area contributed by atoms with Crippen LogP contribution in [0.3, 0.4) is 0 Å². The third-order valence-corrected chi connectivity index (χ3v) is 3.75. The van der Waals surface area contributed by atoms with Gasteiger partial charge in [0.05, 0.1) is 5.69 Å². The topological polar surface area (TPSA) is 63.0 Å². The Bertz CT molecular complexity index is 469. The standard InChI is InChI=1S/C13H20N4OS/c1-11(8-13-4-2-7-19-13)14-9-12-10-17(16-15-12)5-3-6-18/h2,4,7,10-11,14,18H,3,5-6,8-9H2,1H3. The van der Waals surface area contributed by atoms with Crippen LogP contribution in [-0.4, -0.2) is 32.7 Å². The molecule has 19 heavy (non-hydrogen) atoms. The van der Waals surface area contributed by atoms with E-state index in [0.717, 1.165) is 18.7 Å². The maximum absolute atomic E-state index is 8.76. The van der Waals surface area contributed by atoms with Gasteiger partial charge >= 0.3 is 0 Å². The van der Waals surface area contributed by atoms with Crippen molar-refractivity contribution in [2.75, 3.05) is 6.61 Å². The van der Waals surface area contributed by atoms with E-state index in [1.54, 1.807) is 16.0 Å². The van der Waals surface area contributed by atoms with Gasteiger partial charge in [-0.3, -0.25) is 4.68 Å². The highest BCUT2D eigenvalue weighted by atomic mass is 32.1. The molecule has 0 saturated carbocycles. The summed E-state index contributed by atoms with van der Waals surface area (Å²) in [5, 5.41) is 22.4. The van der Waals surface area contributed by atoms with Crippen LogP contribution in [0.1, 0.15) is 23.9 Å². The van der Waals surface area contributed by atoms with Crippen LogP contribution in [0.5, 0.6) is 0 Å². The smallest absolute Gasteiger partial charge is 0.0964 e. The van der Waals surface area contributed by atoms with Crippen molar-refractivity contribution < 1.29 is 5.11 Å². The first kappa shape index (κ1) is 14.2. The van der Waals surface area contributed by atoms with E-state index in [1.807, 2.05) is 6.20 Å². The monoisotopic (exact) mass is 280 g/mol. The number of rotatable bonds is 8. The number of aliphatic hydroxyl groups is 1. The molecule has 1 unspecified atom stereocenters. The summed E-state index contributed by atoms with van der Waals surface area (Å²) in [5.74, 6) is 0. The Morgan fingerprint density at radius 3 is 3.16 bits per heavy atom. The third-order valence-electron chi connectivity index (χ3n) is 2.85. The number of aryl methyl sites for hydroxylation is 1. The van der Waals surface area contributed by atoms with E-state index >= 15 is 0 Å². The fraction of sp³-hybridized carbons (Fsp3) is 0.538. The molecule has 0 bridgehead atoms. The van der Waals surface area contributed by atoms with Gasteiger partial charge < -0.3 is 10.4 Å². The van der Waals surface area contributed by atoms with Crippen molar-refractivity contribution >= 4 is 11.3 Å². The lowest BCUT2D eigenvalue weighted by atomic mass is 10.2. The molecule has 0 aromatic carbocycles. The minimum absolute atomic E-state index is 0.186. The van der Waals surface area contributed by atoms with E-state index in [-0.39, 0.29) is 6.61 Å². The van der Waals surface area contributed by atoms with E-state index in [9.17, 15) is 0 Å². The number of thiophene rings is 1. The Labute approximate surface area is 117 Å². The molecule has 0 aliphatic rings. The van der Waals surface area contributed by atoms with Crippen LogP contribution in [0.2, 0.25) is 0 Å². The van der Waals surface area contributed by atoms with Gasteiger partial charge in [0.1, 0.15) is 0 Å². The van der Waals surface area contributed by atoms with Gasteiger partial charge in [0.25, 0.3) is 0 Å². The summed E-state index contributed by atoms with van der Waals surface area (Å²) in [6.07, 6.45) is 3.68. The van der Waals surface area contributed by atoms with Crippen LogP contribution in [0.15, 0.2) is 23.7 Å². The van der Waals surface area contributed by atoms with Crippen molar-refractivity contribution in [2.45, 2.75) is 38.9 Å². The molecular formula is C13H20N4OS. The molecule has 0 aliphatic carbocycles. The highest BCUT2D eigenvalue weighted by Gasteiger charge is 2.06. The number of aromatic nitrogens is 3. The lowest BCUT2D eigenvalue weighted by Gasteiger charge is -2.11. The molecule has 2 rings (SSSR count). The van der Waals surface area contributed by atoms with Crippen LogP contribution < -0.4 is 5.32 Å². The van der Waals surface area contributed by atoms with Crippen LogP contribution in [0, 0.1) is 0 Å². The van der Waals surface area contributed by atoms with Crippen LogP contribution in [0.4, 0.5) is 0 Å². The maximum Gasteiger partial charge on any atom is 0.0964 e. The largest absolute Gasteiger partial charge is 0.396 e. The molecule has 1 atom stereocenters. The first-order valence-corrected chi connectivity index (χ1v) is 7.41. The maximum atomic E-state index is 8.76. The highest BCUT2D eigenvalue weighted by Crippen LogP contribution is 2.11. The van der Waals surface area contributed by atoms with Crippen molar-refractivity contribution in [1.29, 1.82) is 0 Å². The molecule has 0 spiro atoms.